The standard InChI is InChI=1S/C12H10BrNO4/c1-6-3-10(17-2)8(13)4-7(6)9-5-11(12(15)16)18-14-9/h3-5H,1-2H3,(H,15,16). The minimum Gasteiger partial charge on any atom is -0.496 e. The third-order valence-electron chi connectivity index (χ3n) is 2.50. The molecule has 0 aliphatic carbocycles. The van der Waals surface area contributed by atoms with Crippen molar-refractivity contribution in [2.24, 2.45) is 0 Å². The summed E-state index contributed by atoms with van der Waals surface area (Å²) in [5, 5.41) is 12.5. The van der Waals surface area contributed by atoms with Crippen molar-refractivity contribution < 1.29 is 19.2 Å². The fourth-order valence-electron chi connectivity index (χ4n) is 1.59. The van der Waals surface area contributed by atoms with Crippen LogP contribution in [-0.4, -0.2) is 23.3 Å². The minimum absolute atomic E-state index is 0.184. The molecule has 0 atom stereocenters. The van der Waals surface area contributed by atoms with E-state index in [0.717, 1.165) is 15.6 Å². The molecule has 0 radical (unpaired) electrons. The Morgan fingerprint density at radius 3 is 2.72 bits per heavy atom. The highest BCUT2D eigenvalue weighted by atomic mass is 79.9. The van der Waals surface area contributed by atoms with Gasteiger partial charge in [0.1, 0.15) is 11.4 Å². The van der Waals surface area contributed by atoms with Gasteiger partial charge in [-0.3, -0.25) is 0 Å². The fraction of sp³-hybridized carbons (Fsp3) is 0.167. The highest BCUT2D eigenvalue weighted by Gasteiger charge is 2.15. The van der Waals surface area contributed by atoms with Crippen LogP contribution in [0.5, 0.6) is 5.75 Å². The molecule has 1 N–H and O–H groups in total. The number of carboxylic acids is 1. The van der Waals surface area contributed by atoms with E-state index in [4.69, 9.17) is 14.4 Å². The lowest BCUT2D eigenvalue weighted by atomic mass is 10.1. The first kappa shape index (κ1) is 12.6. The molecule has 0 spiro atoms. The largest absolute Gasteiger partial charge is 0.496 e. The highest BCUT2D eigenvalue weighted by molar-refractivity contribution is 9.10. The molecule has 0 bridgehead atoms. The number of rotatable bonds is 3. The summed E-state index contributed by atoms with van der Waals surface area (Å²) in [6.07, 6.45) is 0. The van der Waals surface area contributed by atoms with Crippen LogP contribution < -0.4 is 4.74 Å². The average molecular weight is 312 g/mol. The molecule has 18 heavy (non-hydrogen) atoms. The summed E-state index contributed by atoms with van der Waals surface area (Å²) in [5.41, 5.74) is 2.19. The van der Waals surface area contributed by atoms with Crippen LogP contribution in [0, 0.1) is 6.92 Å². The first-order chi connectivity index (χ1) is 8.52. The zero-order valence-electron chi connectivity index (χ0n) is 9.73. The quantitative estimate of drug-likeness (QED) is 0.942. The Morgan fingerprint density at radius 2 is 2.17 bits per heavy atom. The van der Waals surface area contributed by atoms with Crippen molar-refractivity contribution in [1.29, 1.82) is 0 Å². The molecule has 0 unspecified atom stereocenters. The van der Waals surface area contributed by atoms with Crippen LogP contribution in [0.3, 0.4) is 0 Å². The molecule has 2 rings (SSSR count). The van der Waals surface area contributed by atoms with Crippen molar-refractivity contribution in [3.8, 4) is 17.0 Å². The van der Waals surface area contributed by atoms with Gasteiger partial charge in [-0.2, -0.15) is 0 Å². The lowest BCUT2D eigenvalue weighted by Gasteiger charge is -2.07. The number of hydrogen-bond acceptors (Lipinski definition) is 4. The maximum absolute atomic E-state index is 10.7. The molecule has 2 aromatic rings. The van der Waals surface area contributed by atoms with E-state index in [9.17, 15) is 4.79 Å². The number of methoxy groups -OCH3 is 1. The molecule has 0 amide bonds. The molecule has 0 aliphatic rings. The average Bonchev–Trinajstić information content (AvgIpc) is 2.81. The Balaban J connectivity index is 2.50. The molecule has 6 heteroatoms. The number of carboxylic acid groups (broad SMARTS) is 1. The Morgan fingerprint density at radius 1 is 1.44 bits per heavy atom. The van der Waals surface area contributed by atoms with Crippen molar-refractivity contribution in [3.63, 3.8) is 0 Å². The molecule has 0 saturated carbocycles. The summed E-state index contributed by atoms with van der Waals surface area (Å²) in [6.45, 7) is 1.89. The van der Waals surface area contributed by atoms with Gasteiger partial charge < -0.3 is 14.4 Å². The molecule has 0 fully saturated rings. The summed E-state index contributed by atoms with van der Waals surface area (Å²) in [6, 6.07) is 5.05. The lowest BCUT2D eigenvalue weighted by Crippen LogP contribution is -1.92. The summed E-state index contributed by atoms with van der Waals surface area (Å²) in [4.78, 5) is 10.7. The third kappa shape index (κ3) is 2.24. The van der Waals surface area contributed by atoms with Gasteiger partial charge in [0.2, 0.25) is 5.76 Å². The molecule has 5 nitrogen and oxygen atoms in total. The molecular weight excluding hydrogens is 302 g/mol. The van der Waals surface area contributed by atoms with Crippen LogP contribution in [-0.2, 0) is 0 Å². The van der Waals surface area contributed by atoms with E-state index in [0.29, 0.717) is 11.4 Å². The van der Waals surface area contributed by atoms with Crippen LogP contribution >= 0.6 is 15.9 Å². The number of hydrogen-bond donors (Lipinski definition) is 1. The first-order valence-electron chi connectivity index (χ1n) is 5.07. The number of ether oxygens (including phenoxy) is 1. The van der Waals surface area contributed by atoms with E-state index in [2.05, 4.69) is 21.1 Å². The van der Waals surface area contributed by atoms with Crippen molar-refractivity contribution in [2.45, 2.75) is 6.92 Å². The van der Waals surface area contributed by atoms with Gasteiger partial charge in [0.25, 0.3) is 0 Å². The number of halogens is 1. The van der Waals surface area contributed by atoms with Gasteiger partial charge in [0, 0.05) is 11.6 Å². The summed E-state index contributed by atoms with van der Waals surface area (Å²) >= 11 is 3.37. The summed E-state index contributed by atoms with van der Waals surface area (Å²) in [5.74, 6) is -0.617. The normalized spacial score (nSPS) is 10.4. The van der Waals surface area contributed by atoms with E-state index < -0.39 is 5.97 Å². The monoisotopic (exact) mass is 311 g/mol. The lowest BCUT2D eigenvalue weighted by molar-refractivity contribution is 0.0652. The van der Waals surface area contributed by atoms with Crippen molar-refractivity contribution >= 4 is 21.9 Å². The van der Waals surface area contributed by atoms with Crippen LogP contribution in [0.15, 0.2) is 27.2 Å². The third-order valence-corrected chi connectivity index (χ3v) is 3.12. The highest BCUT2D eigenvalue weighted by Crippen LogP contribution is 2.33. The van der Waals surface area contributed by atoms with Gasteiger partial charge in [-0.25, -0.2) is 4.79 Å². The van der Waals surface area contributed by atoms with Gasteiger partial charge >= 0.3 is 5.97 Å². The zero-order valence-corrected chi connectivity index (χ0v) is 11.3. The number of nitrogens with zero attached hydrogens (tertiary/aromatic N) is 1. The van der Waals surface area contributed by atoms with Crippen LogP contribution in [0.2, 0.25) is 0 Å². The van der Waals surface area contributed by atoms with E-state index in [1.165, 1.54) is 6.07 Å². The Kier molecular flexibility index (Phi) is 3.38. The van der Waals surface area contributed by atoms with Gasteiger partial charge in [0.15, 0.2) is 0 Å². The SMILES string of the molecule is COc1cc(C)c(-c2cc(C(=O)O)on2)cc1Br. The molecule has 1 heterocycles. The van der Waals surface area contributed by atoms with Gasteiger partial charge in [-0.05, 0) is 40.5 Å². The zero-order chi connectivity index (χ0) is 13.3. The molecular formula is C12H10BrNO4. The topological polar surface area (TPSA) is 72.6 Å². The predicted octanol–water partition coefficient (Wildman–Crippen LogP) is 3.12. The van der Waals surface area contributed by atoms with E-state index in [1.54, 1.807) is 7.11 Å². The Hall–Kier alpha value is -1.82. The second-order valence-electron chi connectivity index (χ2n) is 3.68. The maximum Gasteiger partial charge on any atom is 0.374 e. The number of benzene rings is 1. The smallest absolute Gasteiger partial charge is 0.374 e. The number of aromatic carboxylic acids is 1. The molecule has 1 aromatic carbocycles. The molecule has 0 aliphatic heterocycles. The Bertz CT molecular complexity index is 606. The number of carbonyl (C=O) groups is 1. The second kappa shape index (κ2) is 4.81. The van der Waals surface area contributed by atoms with E-state index >= 15 is 0 Å². The van der Waals surface area contributed by atoms with Gasteiger partial charge in [-0.1, -0.05) is 5.16 Å². The van der Waals surface area contributed by atoms with Crippen LogP contribution in [0.1, 0.15) is 16.1 Å². The molecule has 1 aromatic heterocycles. The van der Waals surface area contributed by atoms with E-state index in [1.807, 2.05) is 19.1 Å². The van der Waals surface area contributed by atoms with Gasteiger partial charge in [-0.15, -0.1) is 0 Å². The fourth-order valence-corrected chi connectivity index (χ4v) is 2.10. The van der Waals surface area contributed by atoms with Gasteiger partial charge in [0.05, 0.1) is 11.6 Å². The van der Waals surface area contributed by atoms with Crippen LogP contribution in [0.4, 0.5) is 0 Å². The number of aryl methyl sites for hydroxylation is 1. The molecule has 0 saturated heterocycles. The predicted molar refractivity (Wildman–Crippen MR) is 67.9 cm³/mol. The van der Waals surface area contributed by atoms with Crippen molar-refractivity contribution in [1.82, 2.24) is 5.16 Å². The minimum atomic E-state index is -1.14. The maximum atomic E-state index is 10.7. The second-order valence-corrected chi connectivity index (χ2v) is 4.54. The summed E-state index contributed by atoms with van der Waals surface area (Å²) < 4.78 is 10.7. The van der Waals surface area contributed by atoms with Crippen molar-refractivity contribution in [2.75, 3.05) is 7.11 Å². The first-order valence-corrected chi connectivity index (χ1v) is 5.86. The Labute approximate surface area is 111 Å². The van der Waals surface area contributed by atoms with Crippen LogP contribution in [0.25, 0.3) is 11.3 Å². The van der Waals surface area contributed by atoms with Crippen molar-refractivity contribution in [3.05, 3.63) is 34.0 Å². The summed E-state index contributed by atoms with van der Waals surface area (Å²) in [7, 11) is 1.58. The van der Waals surface area contributed by atoms with E-state index in [-0.39, 0.29) is 5.76 Å². The number of aromatic nitrogens is 1. The molecule has 94 valence electrons.